The summed E-state index contributed by atoms with van der Waals surface area (Å²) in [5.74, 6) is 2.04. The third-order valence-electron chi connectivity index (χ3n) is 4.55. The highest BCUT2D eigenvalue weighted by molar-refractivity contribution is 5.43. The van der Waals surface area contributed by atoms with Crippen molar-refractivity contribution in [2.75, 3.05) is 40.5 Å². The van der Waals surface area contributed by atoms with Crippen molar-refractivity contribution in [3.8, 4) is 17.2 Å². The maximum Gasteiger partial charge on any atom is 0.161 e. The van der Waals surface area contributed by atoms with E-state index in [1.54, 1.807) is 19.5 Å². The molecule has 1 heterocycles. The van der Waals surface area contributed by atoms with Crippen LogP contribution in [0.25, 0.3) is 0 Å². The molecule has 160 valence electrons. The number of rotatable bonds is 13. The van der Waals surface area contributed by atoms with Crippen molar-refractivity contribution in [3.63, 3.8) is 0 Å². The molecule has 0 radical (unpaired) electrons. The SMILES string of the molecule is COc1cc(CNCCOc2cccnc2)ccc1OCC(O)CN(C)C(C)C. The molecule has 1 atom stereocenters. The molecule has 0 bridgehead atoms. The predicted molar refractivity (Wildman–Crippen MR) is 114 cm³/mol. The Bertz CT molecular complexity index is 712. The van der Waals surface area contributed by atoms with Crippen LogP contribution in [0.1, 0.15) is 19.4 Å². The van der Waals surface area contributed by atoms with Gasteiger partial charge in [0.05, 0.1) is 13.3 Å². The molecule has 0 spiro atoms. The van der Waals surface area contributed by atoms with E-state index < -0.39 is 6.10 Å². The Kier molecular flexibility index (Phi) is 9.70. The molecule has 2 N–H and O–H groups in total. The standard InChI is InChI=1S/C22H33N3O4/c1-17(2)25(3)15-19(26)16-29-21-8-7-18(12-22(21)27-4)13-24-10-11-28-20-6-5-9-23-14-20/h5-9,12,14,17,19,24,26H,10-11,13,15-16H2,1-4H3. The summed E-state index contributed by atoms with van der Waals surface area (Å²) in [7, 11) is 3.60. The van der Waals surface area contributed by atoms with E-state index in [0.717, 1.165) is 11.3 Å². The summed E-state index contributed by atoms with van der Waals surface area (Å²) in [5.41, 5.74) is 1.08. The number of hydrogen-bond donors (Lipinski definition) is 2. The van der Waals surface area contributed by atoms with Gasteiger partial charge in [0, 0.05) is 31.9 Å². The van der Waals surface area contributed by atoms with Gasteiger partial charge in [0.2, 0.25) is 0 Å². The van der Waals surface area contributed by atoms with Gasteiger partial charge in [0.15, 0.2) is 11.5 Å². The number of methoxy groups -OCH3 is 1. The number of benzene rings is 1. The van der Waals surface area contributed by atoms with Crippen molar-refractivity contribution in [1.29, 1.82) is 0 Å². The van der Waals surface area contributed by atoms with E-state index in [-0.39, 0.29) is 6.61 Å². The number of nitrogens with one attached hydrogen (secondary N) is 1. The first kappa shape index (κ1) is 22.9. The predicted octanol–water partition coefficient (Wildman–Crippen LogP) is 2.34. The van der Waals surface area contributed by atoms with Crippen molar-refractivity contribution in [1.82, 2.24) is 15.2 Å². The molecule has 7 nitrogen and oxygen atoms in total. The van der Waals surface area contributed by atoms with Crippen LogP contribution in [-0.2, 0) is 6.54 Å². The van der Waals surface area contributed by atoms with Crippen LogP contribution in [0.4, 0.5) is 0 Å². The highest BCUT2D eigenvalue weighted by Gasteiger charge is 2.13. The maximum atomic E-state index is 10.2. The van der Waals surface area contributed by atoms with Gasteiger partial charge in [0.1, 0.15) is 25.1 Å². The Morgan fingerprint density at radius 2 is 2.00 bits per heavy atom. The molecule has 0 aliphatic heterocycles. The summed E-state index contributed by atoms with van der Waals surface area (Å²) in [5, 5.41) is 13.5. The minimum atomic E-state index is -0.562. The monoisotopic (exact) mass is 403 g/mol. The second-order valence-corrected chi connectivity index (χ2v) is 7.20. The van der Waals surface area contributed by atoms with E-state index in [4.69, 9.17) is 14.2 Å². The number of ether oxygens (including phenoxy) is 3. The molecule has 0 saturated carbocycles. The van der Waals surface area contributed by atoms with E-state index >= 15 is 0 Å². The van der Waals surface area contributed by atoms with Crippen molar-refractivity contribution in [2.24, 2.45) is 0 Å². The zero-order valence-corrected chi connectivity index (χ0v) is 17.8. The average Bonchev–Trinajstić information content (AvgIpc) is 2.73. The van der Waals surface area contributed by atoms with E-state index in [9.17, 15) is 5.11 Å². The largest absolute Gasteiger partial charge is 0.493 e. The maximum absolute atomic E-state index is 10.2. The first-order valence-corrected chi connectivity index (χ1v) is 9.91. The fourth-order valence-electron chi connectivity index (χ4n) is 2.63. The second kappa shape index (κ2) is 12.3. The lowest BCUT2D eigenvalue weighted by molar-refractivity contribution is 0.0668. The molecule has 0 aliphatic carbocycles. The van der Waals surface area contributed by atoms with E-state index in [0.29, 0.717) is 43.8 Å². The molecule has 0 aliphatic rings. The fraction of sp³-hybridized carbons (Fsp3) is 0.500. The molecule has 1 unspecified atom stereocenters. The highest BCUT2D eigenvalue weighted by Crippen LogP contribution is 2.28. The Balaban J connectivity index is 1.75. The molecule has 2 rings (SSSR count). The van der Waals surface area contributed by atoms with Crippen LogP contribution in [0.5, 0.6) is 17.2 Å². The summed E-state index contributed by atoms with van der Waals surface area (Å²) >= 11 is 0. The summed E-state index contributed by atoms with van der Waals surface area (Å²) in [6.07, 6.45) is 2.85. The molecule has 0 amide bonds. The molecule has 1 aromatic heterocycles. The number of hydrogen-bond acceptors (Lipinski definition) is 7. The highest BCUT2D eigenvalue weighted by atomic mass is 16.5. The number of aromatic nitrogens is 1. The van der Waals surface area contributed by atoms with Crippen molar-refractivity contribution in [3.05, 3.63) is 48.3 Å². The van der Waals surface area contributed by atoms with Gasteiger partial charge in [-0.15, -0.1) is 0 Å². The molecular formula is C22H33N3O4. The minimum absolute atomic E-state index is 0.219. The van der Waals surface area contributed by atoms with Crippen LogP contribution in [0.3, 0.4) is 0 Å². The summed E-state index contributed by atoms with van der Waals surface area (Å²) in [4.78, 5) is 6.10. The lowest BCUT2D eigenvalue weighted by Crippen LogP contribution is -2.36. The van der Waals surface area contributed by atoms with Crippen LogP contribution < -0.4 is 19.5 Å². The number of likely N-dealkylation sites (N-methyl/N-ethyl adjacent to an activating group) is 1. The zero-order chi connectivity index (χ0) is 21.1. The molecule has 0 saturated heterocycles. The summed E-state index contributed by atoms with van der Waals surface area (Å²) in [6.45, 7) is 6.93. The summed E-state index contributed by atoms with van der Waals surface area (Å²) < 4.78 is 16.8. The van der Waals surface area contributed by atoms with Crippen molar-refractivity contribution >= 4 is 0 Å². The van der Waals surface area contributed by atoms with Gasteiger partial charge in [-0.25, -0.2) is 0 Å². The third kappa shape index (κ3) is 8.27. The minimum Gasteiger partial charge on any atom is -0.493 e. The first-order valence-electron chi connectivity index (χ1n) is 9.91. The van der Waals surface area contributed by atoms with Gasteiger partial charge in [-0.2, -0.15) is 0 Å². The molecule has 1 aromatic carbocycles. The fourth-order valence-corrected chi connectivity index (χ4v) is 2.63. The first-order chi connectivity index (χ1) is 14.0. The van der Waals surface area contributed by atoms with Gasteiger partial charge in [-0.3, -0.25) is 4.98 Å². The summed E-state index contributed by atoms with van der Waals surface area (Å²) in [6, 6.07) is 9.91. The van der Waals surface area contributed by atoms with Gasteiger partial charge >= 0.3 is 0 Å². The third-order valence-corrected chi connectivity index (χ3v) is 4.55. The number of aliphatic hydroxyl groups is 1. The van der Waals surface area contributed by atoms with Gasteiger partial charge in [-0.05, 0) is 50.7 Å². The van der Waals surface area contributed by atoms with Gasteiger partial charge in [-0.1, -0.05) is 6.07 Å². The Morgan fingerprint density at radius 1 is 1.17 bits per heavy atom. The van der Waals surface area contributed by atoms with Crippen LogP contribution in [0.2, 0.25) is 0 Å². The topological polar surface area (TPSA) is 76.1 Å². The number of aliphatic hydroxyl groups excluding tert-OH is 1. The van der Waals surface area contributed by atoms with Crippen LogP contribution in [0.15, 0.2) is 42.7 Å². The smallest absolute Gasteiger partial charge is 0.161 e. The normalized spacial score (nSPS) is 12.2. The van der Waals surface area contributed by atoms with E-state index in [1.807, 2.05) is 37.4 Å². The Labute approximate surface area is 173 Å². The second-order valence-electron chi connectivity index (χ2n) is 7.20. The Hall–Kier alpha value is -2.35. The number of nitrogens with zero attached hydrogens (tertiary/aromatic N) is 2. The van der Waals surface area contributed by atoms with Crippen molar-refractivity contribution in [2.45, 2.75) is 32.5 Å². The lowest BCUT2D eigenvalue weighted by Gasteiger charge is -2.24. The van der Waals surface area contributed by atoms with Crippen molar-refractivity contribution < 1.29 is 19.3 Å². The average molecular weight is 404 g/mol. The van der Waals surface area contributed by atoms with Gasteiger partial charge < -0.3 is 29.5 Å². The molecular weight excluding hydrogens is 370 g/mol. The quantitative estimate of drug-likeness (QED) is 0.497. The van der Waals surface area contributed by atoms with Gasteiger partial charge in [0.25, 0.3) is 0 Å². The van der Waals surface area contributed by atoms with Crippen LogP contribution in [0, 0.1) is 0 Å². The van der Waals surface area contributed by atoms with Crippen LogP contribution >= 0.6 is 0 Å². The van der Waals surface area contributed by atoms with E-state index in [2.05, 4.69) is 29.0 Å². The molecule has 0 fully saturated rings. The number of pyridine rings is 1. The zero-order valence-electron chi connectivity index (χ0n) is 17.8. The van der Waals surface area contributed by atoms with E-state index in [1.165, 1.54) is 0 Å². The molecule has 7 heteroatoms. The molecule has 29 heavy (non-hydrogen) atoms. The molecule has 2 aromatic rings. The van der Waals surface area contributed by atoms with Crippen LogP contribution in [-0.4, -0.2) is 67.6 Å². The Morgan fingerprint density at radius 3 is 2.69 bits per heavy atom. The lowest BCUT2D eigenvalue weighted by atomic mass is 10.2.